The topological polar surface area (TPSA) is 50.2 Å². The van der Waals surface area contributed by atoms with Gasteiger partial charge in [0.15, 0.2) is 0 Å². The van der Waals surface area contributed by atoms with E-state index < -0.39 is 0 Å². The first kappa shape index (κ1) is 23.1. The molecule has 3 aromatic carbocycles. The van der Waals surface area contributed by atoms with Crippen molar-refractivity contribution in [3.63, 3.8) is 0 Å². The summed E-state index contributed by atoms with van der Waals surface area (Å²) in [7, 11) is 0. The molecule has 2 heterocycles. The number of amides is 1. The molecule has 0 unspecified atom stereocenters. The summed E-state index contributed by atoms with van der Waals surface area (Å²) in [6.07, 6.45) is 1.70. The smallest absolute Gasteiger partial charge is 0.223 e. The molecule has 174 valence electrons. The van der Waals surface area contributed by atoms with Gasteiger partial charge in [-0.3, -0.25) is 14.3 Å². The van der Waals surface area contributed by atoms with E-state index in [1.54, 1.807) is 0 Å². The van der Waals surface area contributed by atoms with E-state index in [1.165, 1.54) is 0 Å². The monoisotopic (exact) mass is 536 g/mol. The summed E-state index contributed by atoms with van der Waals surface area (Å²) in [6.45, 7) is 3.04. The molecule has 1 fully saturated rings. The summed E-state index contributed by atoms with van der Waals surface area (Å²) in [5, 5.41) is 3.79. The zero-order chi connectivity index (χ0) is 23.5. The molecule has 34 heavy (non-hydrogen) atoms. The summed E-state index contributed by atoms with van der Waals surface area (Å²) < 4.78 is 3.28. The number of imidazole rings is 1. The van der Waals surface area contributed by atoms with Gasteiger partial charge in [-0.05, 0) is 74.0 Å². The number of fused-ring (bicyclic) bond motifs is 1. The maximum absolute atomic E-state index is 12.7. The molecule has 0 atom stereocenters. The third kappa shape index (κ3) is 5.19. The van der Waals surface area contributed by atoms with Crippen molar-refractivity contribution < 1.29 is 4.79 Å². The number of carbonyl (C=O) groups is 1. The van der Waals surface area contributed by atoms with Gasteiger partial charge >= 0.3 is 0 Å². The second kappa shape index (κ2) is 10.3. The van der Waals surface area contributed by atoms with E-state index >= 15 is 0 Å². The van der Waals surface area contributed by atoms with Crippen molar-refractivity contribution in [3.05, 3.63) is 93.7 Å². The first-order valence-corrected chi connectivity index (χ1v) is 12.7. The first-order valence-electron chi connectivity index (χ1n) is 11.5. The third-order valence-corrected chi connectivity index (χ3v) is 7.15. The van der Waals surface area contributed by atoms with E-state index in [4.69, 9.17) is 16.6 Å². The van der Waals surface area contributed by atoms with Gasteiger partial charge in [0.05, 0.1) is 17.6 Å². The maximum atomic E-state index is 12.7. The van der Waals surface area contributed by atoms with Crippen LogP contribution >= 0.6 is 27.5 Å². The predicted octanol–water partition coefficient (Wildman–Crippen LogP) is 5.97. The molecule has 1 saturated heterocycles. The molecule has 5 nitrogen and oxygen atoms in total. The maximum Gasteiger partial charge on any atom is 0.223 e. The number of hydrogen-bond acceptors (Lipinski definition) is 3. The van der Waals surface area contributed by atoms with E-state index in [9.17, 15) is 4.79 Å². The molecule has 5 rings (SSSR count). The highest BCUT2D eigenvalue weighted by Gasteiger charge is 2.26. The summed E-state index contributed by atoms with van der Waals surface area (Å²) in [5.41, 5.74) is 4.25. The van der Waals surface area contributed by atoms with Gasteiger partial charge in [-0.2, -0.15) is 0 Å². The quantitative estimate of drug-likeness (QED) is 0.330. The van der Waals surface area contributed by atoms with Crippen molar-refractivity contribution in [3.8, 4) is 5.69 Å². The van der Waals surface area contributed by atoms with Gasteiger partial charge in [0, 0.05) is 27.6 Å². The van der Waals surface area contributed by atoms with Crippen LogP contribution in [0.1, 0.15) is 24.2 Å². The molecule has 0 radical (unpaired) electrons. The van der Waals surface area contributed by atoms with Crippen LogP contribution in [0.5, 0.6) is 0 Å². The lowest BCUT2D eigenvalue weighted by Gasteiger charge is -2.31. The zero-order valence-electron chi connectivity index (χ0n) is 18.8. The van der Waals surface area contributed by atoms with E-state index in [0.717, 1.165) is 65.1 Å². The Morgan fingerprint density at radius 2 is 1.79 bits per heavy atom. The zero-order valence-corrected chi connectivity index (χ0v) is 21.1. The van der Waals surface area contributed by atoms with Gasteiger partial charge < -0.3 is 5.32 Å². The number of hydrogen-bond donors (Lipinski definition) is 1. The standard InChI is InChI=1S/C27H26BrClN4O/c28-21-4-3-5-23(16-21)33-25-7-2-1-6-24(25)31-26(33)18-32-14-12-20(13-15-32)27(34)30-17-19-8-10-22(29)11-9-19/h1-11,16,20H,12-15,17-18H2,(H,30,34). The molecule has 0 aliphatic carbocycles. The number of carbonyl (C=O) groups excluding carboxylic acids is 1. The molecule has 1 amide bonds. The Hall–Kier alpha value is -2.67. The van der Waals surface area contributed by atoms with Crippen molar-refractivity contribution >= 4 is 44.5 Å². The molecular formula is C27H26BrClN4O. The van der Waals surface area contributed by atoms with Gasteiger partial charge in [0.1, 0.15) is 5.82 Å². The van der Waals surface area contributed by atoms with E-state index in [2.05, 4.69) is 61.0 Å². The second-order valence-corrected chi connectivity index (χ2v) is 10.1. The van der Waals surface area contributed by atoms with Crippen LogP contribution in [0, 0.1) is 5.92 Å². The second-order valence-electron chi connectivity index (χ2n) is 8.73. The highest BCUT2D eigenvalue weighted by molar-refractivity contribution is 9.10. The number of piperidine rings is 1. The molecular weight excluding hydrogens is 512 g/mol. The van der Waals surface area contributed by atoms with Gasteiger partial charge in [-0.15, -0.1) is 0 Å². The summed E-state index contributed by atoms with van der Waals surface area (Å²) in [6, 6.07) is 24.2. The van der Waals surface area contributed by atoms with E-state index in [1.807, 2.05) is 42.5 Å². The fraction of sp³-hybridized carbons (Fsp3) is 0.259. The highest BCUT2D eigenvalue weighted by atomic mass is 79.9. The minimum atomic E-state index is 0.0486. The number of aromatic nitrogens is 2. The molecule has 1 aliphatic rings. The highest BCUT2D eigenvalue weighted by Crippen LogP contribution is 2.26. The Balaban J connectivity index is 1.24. The molecule has 7 heteroatoms. The minimum Gasteiger partial charge on any atom is -0.352 e. The Bertz CT molecular complexity index is 1300. The fourth-order valence-corrected chi connectivity index (χ4v) is 5.09. The molecule has 4 aromatic rings. The lowest BCUT2D eigenvalue weighted by atomic mass is 9.96. The fourth-order valence-electron chi connectivity index (χ4n) is 4.57. The van der Waals surface area contributed by atoms with Crippen molar-refractivity contribution in [2.75, 3.05) is 13.1 Å². The van der Waals surface area contributed by atoms with Crippen LogP contribution in [-0.2, 0) is 17.9 Å². The SMILES string of the molecule is O=C(NCc1ccc(Cl)cc1)C1CCN(Cc2nc3ccccc3n2-c2cccc(Br)c2)CC1. The van der Waals surface area contributed by atoms with Crippen LogP contribution in [0.15, 0.2) is 77.3 Å². The lowest BCUT2D eigenvalue weighted by Crippen LogP contribution is -2.40. The van der Waals surface area contributed by atoms with Crippen LogP contribution in [0.25, 0.3) is 16.7 Å². The van der Waals surface area contributed by atoms with Gasteiger partial charge in [0.2, 0.25) is 5.91 Å². The number of nitrogens with zero attached hydrogens (tertiary/aromatic N) is 3. The minimum absolute atomic E-state index is 0.0486. The van der Waals surface area contributed by atoms with Crippen LogP contribution in [0.4, 0.5) is 0 Å². The van der Waals surface area contributed by atoms with Crippen LogP contribution < -0.4 is 5.32 Å². The summed E-state index contributed by atoms with van der Waals surface area (Å²) >= 11 is 9.54. The molecule has 1 aliphatic heterocycles. The number of halogens is 2. The molecule has 0 bridgehead atoms. The molecule has 0 spiro atoms. The van der Waals surface area contributed by atoms with Crippen molar-refractivity contribution in [2.45, 2.75) is 25.9 Å². The van der Waals surface area contributed by atoms with Crippen molar-refractivity contribution in [1.82, 2.24) is 19.8 Å². The first-order chi connectivity index (χ1) is 16.6. The summed E-state index contributed by atoms with van der Waals surface area (Å²) in [4.78, 5) is 20.1. The largest absolute Gasteiger partial charge is 0.352 e. The van der Waals surface area contributed by atoms with Crippen LogP contribution in [0.2, 0.25) is 5.02 Å². The van der Waals surface area contributed by atoms with Crippen molar-refractivity contribution in [1.29, 1.82) is 0 Å². The van der Waals surface area contributed by atoms with E-state index in [0.29, 0.717) is 11.6 Å². The number of benzene rings is 3. The Morgan fingerprint density at radius 3 is 2.56 bits per heavy atom. The number of rotatable bonds is 6. The number of nitrogens with one attached hydrogen (secondary N) is 1. The molecule has 1 aromatic heterocycles. The van der Waals surface area contributed by atoms with Crippen molar-refractivity contribution in [2.24, 2.45) is 5.92 Å². The van der Waals surface area contributed by atoms with Gasteiger partial charge in [-0.25, -0.2) is 4.98 Å². The Labute approximate surface area is 212 Å². The normalized spacial score (nSPS) is 15.0. The van der Waals surface area contributed by atoms with Gasteiger partial charge in [0.25, 0.3) is 0 Å². The van der Waals surface area contributed by atoms with E-state index in [-0.39, 0.29) is 11.8 Å². The molecule has 1 N–H and O–H groups in total. The number of likely N-dealkylation sites (tertiary alicyclic amines) is 1. The predicted molar refractivity (Wildman–Crippen MR) is 140 cm³/mol. The van der Waals surface area contributed by atoms with Gasteiger partial charge in [-0.1, -0.05) is 57.9 Å². The average molecular weight is 538 g/mol. The number of para-hydroxylation sites is 2. The summed E-state index contributed by atoms with van der Waals surface area (Å²) in [5.74, 6) is 1.20. The molecule has 0 saturated carbocycles. The third-order valence-electron chi connectivity index (χ3n) is 6.40. The average Bonchev–Trinajstić information content (AvgIpc) is 3.22. The Morgan fingerprint density at radius 1 is 1.03 bits per heavy atom. The Kier molecular flexibility index (Phi) is 6.99. The van der Waals surface area contributed by atoms with Crippen LogP contribution in [0.3, 0.4) is 0 Å². The lowest BCUT2D eigenvalue weighted by molar-refractivity contribution is -0.126. The van der Waals surface area contributed by atoms with Crippen LogP contribution in [-0.4, -0.2) is 33.4 Å².